The van der Waals surface area contributed by atoms with Crippen molar-refractivity contribution in [2.75, 3.05) is 13.2 Å². The maximum absolute atomic E-state index is 12.3. The third kappa shape index (κ3) is 16.8. The second kappa shape index (κ2) is 20.2. The van der Waals surface area contributed by atoms with E-state index in [1.54, 1.807) is 0 Å². The van der Waals surface area contributed by atoms with Crippen LogP contribution in [0.5, 0.6) is 0 Å². The Morgan fingerprint density at radius 3 is 1.77 bits per heavy atom. The molecule has 0 bridgehead atoms. The fraction of sp³-hybridized carbons (Fsp3) is 0.708. The number of ether oxygens (including phenoxy) is 3. The van der Waals surface area contributed by atoms with Gasteiger partial charge in [0, 0.05) is 6.08 Å². The Hall–Kier alpha value is -2.11. The Kier molecular flexibility index (Phi) is 18.8. The molecule has 0 unspecified atom stereocenters. The van der Waals surface area contributed by atoms with Crippen molar-refractivity contribution in [2.24, 2.45) is 0 Å². The van der Waals surface area contributed by atoms with Crippen molar-refractivity contribution in [2.45, 2.75) is 97.3 Å². The van der Waals surface area contributed by atoms with Crippen LogP contribution in [0.4, 0.5) is 0 Å². The number of rotatable bonds is 19. The van der Waals surface area contributed by atoms with E-state index in [0.29, 0.717) is 6.61 Å². The van der Waals surface area contributed by atoms with Crippen molar-refractivity contribution in [3.05, 3.63) is 24.5 Å². The van der Waals surface area contributed by atoms with Crippen LogP contribution in [-0.4, -0.2) is 31.1 Å². The van der Waals surface area contributed by atoms with Gasteiger partial charge in [0.15, 0.2) is 0 Å². The van der Waals surface area contributed by atoms with E-state index in [4.69, 9.17) is 9.47 Å². The maximum atomic E-state index is 12.3. The minimum Gasteiger partial charge on any atom is -0.463 e. The second-order valence-electron chi connectivity index (χ2n) is 7.34. The zero-order valence-electron chi connectivity index (χ0n) is 18.9. The van der Waals surface area contributed by atoms with E-state index in [1.165, 1.54) is 38.5 Å². The van der Waals surface area contributed by atoms with Gasteiger partial charge in [0.05, 0.1) is 31.5 Å². The third-order valence-electron chi connectivity index (χ3n) is 4.58. The van der Waals surface area contributed by atoms with E-state index in [-0.39, 0.29) is 18.6 Å². The molecule has 0 rings (SSSR count). The molecule has 0 heterocycles. The molecular weight excluding hydrogens is 384 g/mol. The van der Waals surface area contributed by atoms with Crippen LogP contribution < -0.4 is 0 Å². The molecule has 0 aromatic rings. The summed E-state index contributed by atoms with van der Waals surface area (Å²) in [6.45, 7) is 8.18. The van der Waals surface area contributed by atoms with Crippen LogP contribution in [0.1, 0.15) is 97.3 Å². The molecule has 0 aromatic heterocycles. The van der Waals surface area contributed by atoms with Crippen molar-refractivity contribution in [3.63, 3.8) is 0 Å². The van der Waals surface area contributed by atoms with Crippen LogP contribution in [0.3, 0.4) is 0 Å². The largest absolute Gasteiger partial charge is 0.463 e. The molecule has 0 atom stereocenters. The summed E-state index contributed by atoms with van der Waals surface area (Å²) in [4.78, 5) is 36.0. The lowest BCUT2D eigenvalue weighted by Gasteiger charge is -2.08. The lowest BCUT2D eigenvalue weighted by Crippen LogP contribution is -2.15. The first-order chi connectivity index (χ1) is 14.5. The monoisotopic (exact) mass is 424 g/mol. The van der Waals surface area contributed by atoms with E-state index in [9.17, 15) is 14.4 Å². The Balaban J connectivity index is 4.44. The normalized spacial score (nSPS) is 11.1. The number of carbonyl (C=O) groups is 3. The van der Waals surface area contributed by atoms with Crippen molar-refractivity contribution in [3.8, 4) is 0 Å². The average molecular weight is 425 g/mol. The van der Waals surface area contributed by atoms with Gasteiger partial charge in [-0.25, -0.2) is 9.59 Å². The summed E-state index contributed by atoms with van der Waals surface area (Å²) < 4.78 is 15.0. The highest BCUT2D eigenvalue weighted by atomic mass is 16.5. The third-order valence-corrected chi connectivity index (χ3v) is 4.58. The van der Waals surface area contributed by atoms with Crippen LogP contribution >= 0.6 is 0 Å². The van der Waals surface area contributed by atoms with Crippen LogP contribution in [-0.2, 0) is 28.6 Å². The zero-order valence-corrected chi connectivity index (χ0v) is 18.9. The predicted molar refractivity (Wildman–Crippen MR) is 118 cm³/mol. The molecule has 0 aliphatic rings. The number of unbranched alkanes of at least 4 members (excludes halogenated alkanes) is 10. The van der Waals surface area contributed by atoms with Crippen LogP contribution in [0.2, 0.25) is 0 Å². The number of carbonyl (C=O) groups excluding carboxylic acids is 3. The van der Waals surface area contributed by atoms with E-state index in [2.05, 4.69) is 25.2 Å². The van der Waals surface area contributed by atoms with E-state index >= 15 is 0 Å². The van der Waals surface area contributed by atoms with Crippen molar-refractivity contribution >= 4 is 17.9 Å². The van der Waals surface area contributed by atoms with Gasteiger partial charge in [0.2, 0.25) is 0 Å². The van der Waals surface area contributed by atoms with E-state index < -0.39 is 17.9 Å². The minimum absolute atomic E-state index is 0.0687. The molecule has 0 aromatic carbocycles. The smallest absolute Gasteiger partial charge is 0.334 e. The molecular formula is C24H40O6. The average Bonchev–Trinajstić information content (AvgIpc) is 2.72. The molecule has 30 heavy (non-hydrogen) atoms. The van der Waals surface area contributed by atoms with E-state index in [1.807, 2.05) is 0 Å². The number of esters is 3. The molecule has 0 fully saturated rings. The molecule has 0 saturated carbocycles. The van der Waals surface area contributed by atoms with Gasteiger partial charge in [-0.05, 0) is 12.8 Å². The first-order valence-corrected chi connectivity index (χ1v) is 11.4. The summed E-state index contributed by atoms with van der Waals surface area (Å²) in [6.07, 6.45) is 14.5. The van der Waals surface area contributed by atoms with Crippen molar-refractivity contribution in [1.82, 2.24) is 0 Å². The van der Waals surface area contributed by atoms with E-state index in [0.717, 1.165) is 50.9 Å². The lowest BCUT2D eigenvalue weighted by atomic mass is 10.1. The van der Waals surface area contributed by atoms with Crippen molar-refractivity contribution < 1.29 is 28.6 Å². The summed E-state index contributed by atoms with van der Waals surface area (Å²) >= 11 is 0. The fourth-order valence-corrected chi connectivity index (χ4v) is 2.85. The van der Waals surface area contributed by atoms with Gasteiger partial charge in [0.25, 0.3) is 0 Å². The molecule has 0 radical (unpaired) electrons. The van der Waals surface area contributed by atoms with Crippen molar-refractivity contribution in [1.29, 1.82) is 0 Å². The zero-order chi connectivity index (χ0) is 22.5. The first kappa shape index (κ1) is 27.9. The van der Waals surface area contributed by atoms with Gasteiger partial charge in [0.1, 0.15) is 0 Å². The predicted octanol–water partition coefficient (Wildman–Crippen LogP) is 5.80. The molecule has 0 saturated heterocycles. The van der Waals surface area contributed by atoms with Crippen LogP contribution in [0.15, 0.2) is 24.5 Å². The Labute approximate surface area is 182 Å². The van der Waals surface area contributed by atoms with Gasteiger partial charge in [-0.1, -0.05) is 84.6 Å². The summed E-state index contributed by atoms with van der Waals surface area (Å²) in [5.74, 6) is -2.03. The van der Waals surface area contributed by atoms with Crippen LogP contribution in [0, 0.1) is 0 Å². The topological polar surface area (TPSA) is 78.9 Å². The molecule has 6 heteroatoms. The first-order valence-electron chi connectivity index (χ1n) is 11.4. The standard InChI is InChI=1S/C24H40O6/c1-4-7-9-11-13-15-17-29-23(26)20-21(19-22(25)28-6-3)24(27)30-18-16-14-12-10-8-5-2/h6,20H,3-5,7-19H2,1-2H3/b21-20-. The molecule has 0 aliphatic carbocycles. The van der Waals surface area contributed by atoms with Crippen LogP contribution in [0.25, 0.3) is 0 Å². The lowest BCUT2D eigenvalue weighted by molar-refractivity contribution is -0.144. The minimum atomic E-state index is -0.693. The molecule has 0 amide bonds. The summed E-state index contributed by atoms with van der Waals surface area (Å²) in [5.41, 5.74) is -0.0687. The maximum Gasteiger partial charge on any atom is 0.334 e. The Morgan fingerprint density at radius 2 is 1.23 bits per heavy atom. The van der Waals surface area contributed by atoms with Gasteiger partial charge >= 0.3 is 17.9 Å². The Bertz CT molecular complexity index is 524. The highest BCUT2D eigenvalue weighted by molar-refractivity contribution is 5.99. The van der Waals surface area contributed by atoms with Gasteiger partial charge < -0.3 is 14.2 Å². The number of hydrogen-bond donors (Lipinski definition) is 0. The van der Waals surface area contributed by atoms with Gasteiger partial charge in [-0.3, -0.25) is 4.79 Å². The Morgan fingerprint density at radius 1 is 0.733 bits per heavy atom. The SMILES string of the molecule is C=COC(=O)C/C(=C/C(=O)OCCCCCCCC)C(=O)OCCCCCCCC. The highest BCUT2D eigenvalue weighted by Gasteiger charge is 2.18. The summed E-state index contributed by atoms with van der Waals surface area (Å²) in [6, 6.07) is 0. The molecule has 0 spiro atoms. The quantitative estimate of drug-likeness (QED) is 0.0857. The second-order valence-corrected chi connectivity index (χ2v) is 7.34. The van der Waals surface area contributed by atoms with Gasteiger partial charge in [-0.15, -0.1) is 0 Å². The van der Waals surface area contributed by atoms with Gasteiger partial charge in [-0.2, -0.15) is 0 Å². The molecule has 6 nitrogen and oxygen atoms in total. The molecule has 0 aliphatic heterocycles. The fourth-order valence-electron chi connectivity index (χ4n) is 2.85. The summed E-state index contributed by atoms with van der Waals surface area (Å²) in [7, 11) is 0. The summed E-state index contributed by atoms with van der Waals surface area (Å²) in [5, 5.41) is 0. The molecule has 0 N–H and O–H groups in total. The highest BCUT2D eigenvalue weighted by Crippen LogP contribution is 2.10. The molecule has 172 valence electrons. The number of hydrogen-bond acceptors (Lipinski definition) is 6.